The van der Waals surface area contributed by atoms with E-state index in [0.717, 1.165) is 35.9 Å². The van der Waals surface area contributed by atoms with E-state index in [0.29, 0.717) is 23.7 Å². The van der Waals surface area contributed by atoms with E-state index in [1.165, 1.54) is 23.3 Å². The highest BCUT2D eigenvalue weighted by Gasteiger charge is 2.36. The molecule has 3 atom stereocenters. The van der Waals surface area contributed by atoms with Gasteiger partial charge < -0.3 is 16.2 Å². The van der Waals surface area contributed by atoms with E-state index < -0.39 is 5.97 Å². The second-order valence-corrected chi connectivity index (χ2v) is 8.01. The predicted octanol–water partition coefficient (Wildman–Crippen LogP) is 2.54. The lowest BCUT2D eigenvalue weighted by atomic mass is 9.75. The van der Waals surface area contributed by atoms with Crippen LogP contribution in [-0.4, -0.2) is 33.6 Å². The molecule has 6 nitrogen and oxygen atoms in total. The highest BCUT2D eigenvalue weighted by atomic mass is 32.1. The van der Waals surface area contributed by atoms with Gasteiger partial charge in [-0.1, -0.05) is 6.42 Å². The molecule has 0 aliphatic heterocycles. The van der Waals surface area contributed by atoms with Crippen LogP contribution in [0.15, 0.2) is 6.33 Å². The van der Waals surface area contributed by atoms with Crippen molar-refractivity contribution < 1.29 is 9.90 Å². The molecule has 0 amide bonds. The third-order valence-corrected chi connectivity index (χ3v) is 6.68. The van der Waals surface area contributed by atoms with Crippen molar-refractivity contribution in [3.8, 4) is 0 Å². The number of fused-ring (bicyclic) bond motifs is 3. The van der Waals surface area contributed by atoms with Gasteiger partial charge in [-0.25, -0.2) is 9.97 Å². The zero-order valence-electron chi connectivity index (χ0n) is 13.5. The van der Waals surface area contributed by atoms with Gasteiger partial charge >= 0.3 is 5.97 Å². The van der Waals surface area contributed by atoms with Crippen molar-refractivity contribution in [3.63, 3.8) is 0 Å². The number of carboxylic acid groups (broad SMARTS) is 1. The van der Waals surface area contributed by atoms with E-state index in [4.69, 9.17) is 10.8 Å². The highest BCUT2D eigenvalue weighted by molar-refractivity contribution is 7.19. The molecule has 0 saturated heterocycles. The summed E-state index contributed by atoms with van der Waals surface area (Å²) in [5.74, 6) is 0.912. The number of aromatic nitrogens is 2. The number of aryl methyl sites for hydroxylation is 1. The van der Waals surface area contributed by atoms with Crippen LogP contribution >= 0.6 is 11.3 Å². The average Bonchev–Trinajstić information content (AvgIpc) is 3.12. The van der Waals surface area contributed by atoms with Crippen molar-refractivity contribution in [2.45, 2.75) is 50.5 Å². The molecule has 1 saturated carbocycles. The predicted molar refractivity (Wildman–Crippen MR) is 94.3 cm³/mol. The molecule has 128 valence electrons. The summed E-state index contributed by atoms with van der Waals surface area (Å²) in [5, 5.41) is 13.1. The number of carbonyl (C=O) groups is 1. The number of aliphatic carboxylic acids is 1. The van der Waals surface area contributed by atoms with Gasteiger partial charge in [0.25, 0.3) is 0 Å². The van der Waals surface area contributed by atoms with E-state index in [2.05, 4.69) is 15.3 Å². The van der Waals surface area contributed by atoms with E-state index in [1.807, 2.05) is 0 Å². The van der Waals surface area contributed by atoms with Gasteiger partial charge in [0.15, 0.2) is 0 Å². The maximum atomic E-state index is 10.8. The summed E-state index contributed by atoms with van der Waals surface area (Å²) < 4.78 is 0. The van der Waals surface area contributed by atoms with Gasteiger partial charge in [0, 0.05) is 10.9 Å². The Kier molecular flexibility index (Phi) is 4.14. The molecular formula is C17H22N4O2S. The second kappa shape index (κ2) is 6.29. The Balaban J connectivity index is 1.58. The minimum atomic E-state index is -0.783. The Hall–Kier alpha value is -1.73. The molecule has 0 aromatic carbocycles. The molecule has 0 spiro atoms. The van der Waals surface area contributed by atoms with Gasteiger partial charge in [-0.2, -0.15) is 0 Å². The monoisotopic (exact) mass is 346 g/mol. The normalized spacial score (nSPS) is 26.6. The van der Waals surface area contributed by atoms with Crippen molar-refractivity contribution in [2.75, 3.05) is 12.3 Å². The van der Waals surface area contributed by atoms with Crippen molar-refractivity contribution in [1.82, 2.24) is 15.3 Å². The Bertz CT molecular complexity index is 775. The zero-order chi connectivity index (χ0) is 16.7. The number of nitrogens with two attached hydrogens (primary N) is 1. The van der Waals surface area contributed by atoms with Crippen LogP contribution in [0.5, 0.6) is 0 Å². The Morgan fingerprint density at radius 1 is 1.38 bits per heavy atom. The summed E-state index contributed by atoms with van der Waals surface area (Å²) in [4.78, 5) is 21.8. The number of hydrogen-bond acceptors (Lipinski definition) is 6. The number of anilines is 1. The van der Waals surface area contributed by atoms with E-state index >= 15 is 0 Å². The van der Waals surface area contributed by atoms with Crippen LogP contribution in [-0.2, 0) is 11.2 Å². The van der Waals surface area contributed by atoms with Crippen LogP contribution in [0.25, 0.3) is 10.2 Å². The fourth-order valence-corrected chi connectivity index (χ4v) is 5.75. The summed E-state index contributed by atoms with van der Waals surface area (Å²) in [7, 11) is 0. The minimum Gasteiger partial charge on any atom is -0.480 e. The second-order valence-electron chi connectivity index (χ2n) is 6.92. The standard InChI is InChI=1S/C17H22N4O2S/c18-16-15-14-11(4-5-12(14)24-17(15)21-8-20-16)9-2-1-3-10(6-9)19-7-13(22)23/h8-11,19H,1-7H2,(H,22,23)(H2,18,20,21)/t9?,10-,11?/m0/s1. The topological polar surface area (TPSA) is 101 Å². The number of thiophene rings is 1. The molecule has 7 heteroatoms. The SMILES string of the molecule is Nc1ncnc2sc3c(c12)C(C1CCC[C@H](NCC(=O)O)C1)CC3. The molecule has 1 fully saturated rings. The molecule has 2 aromatic heterocycles. The Morgan fingerprint density at radius 2 is 2.25 bits per heavy atom. The first kappa shape index (κ1) is 15.8. The molecular weight excluding hydrogens is 324 g/mol. The molecule has 0 radical (unpaired) electrons. The average molecular weight is 346 g/mol. The van der Waals surface area contributed by atoms with Gasteiger partial charge in [0.1, 0.15) is 17.0 Å². The van der Waals surface area contributed by atoms with Crippen LogP contribution in [0.3, 0.4) is 0 Å². The number of nitrogens with zero attached hydrogens (tertiary/aromatic N) is 2. The Morgan fingerprint density at radius 3 is 3.08 bits per heavy atom. The van der Waals surface area contributed by atoms with Crippen molar-refractivity contribution in [2.24, 2.45) is 5.92 Å². The molecule has 2 aliphatic rings. The molecule has 24 heavy (non-hydrogen) atoms. The summed E-state index contributed by atoms with van der Waals surface area (Å²) in [6, 6.07) is 0.308. The first-order valence-corrected chi connectivity index (χ1v) is 9.42. The fraction of sp³-hybridized carbons (Fsp3) is 0.588. The van der Waals surface area contributed by atoms with E-state index in [9.17, 15) is 4.79 Å². The van der Waals surface area contributed by atoms with Crippen LogP contribution in [0.4, 0.5) is 5.82 Å². The van der Waals surface area contributed by atoms with Gasteiger partial charge in [-0.15, -0.1) is 11.3 Å². The summed E-state index contributed by atoms with van der Waals surface area (Å²) >= 11 is 1.76. The smallest absolute Gasteiger partial charge is 0.317 e. The molecule has 4 rings (SSSR count). The van der Waals surface area contributed by atoms with Crippen molar-refractivity contribution >= 4 is 33.3 Å². The third kappa shape index (κ3) is 2.75. The number of carboxylic acids is 1. The fourth-order valence-electron chi connectivity index (χ4n) is 4.51. The first-order valence-electron chi connectivity index (χ1n) is 8.60. The number of nitrogens with one attached hydrogen (secondary N) is 1. The number of hydrogen-bond donors (Lipinski definition) is 3. The molecule has 2 unspecified atom stereocenters. The van der Waals surface area contributed by atoms with E-state index in [-0.39, 0.29) is 6.54 Å². The molecule has 2 heterocycles. The molecule has 2 aliphatic carbocycles. The zero-order valence-corrected chi connectivity index (χ0v) is 14.3. The number of nitrogen functional groups attached to an aromatic ring is 1. The van der Waals surface area contributed by atoms with Crippen LogP contribution in [0.2, 0.25) is 0 Å². The first-order chi connectivity index (χ1) is 11.6. The number of rotatable bonds is 4. The molecule has 0 bridgehead atoms. The highest BCUT2D eigenvalue weighted by Crippen LogP contribution is 2.50. The summed E-state index contributed by atoms with van der Waals surface area (Å²) in [6.45, 7) is 0.0511. The van der Waals surface area contributed by atoms with Crippen LogP contribution in [0, 0.1) is 5.92 Å². The lowest BCUT2D eigenvalue weighted by Crippen LogP contribution is -2.38. The third-order valence-electron chi connectivity index (χ3n) is 5.51. The molecule has 2 aromatic rings. The lowest BCUT2D eigenvalue weighted by Gasteiger charge is -2.33. The van der Waals surface area contributed by atoms with Crippen LogP contribution in [0.1, 0.15) is 48.5 Å². The minimum absolute atomic E-state index is 0.0511. The quantitative estimate of drug-likeness (QED) is 0.786. The van der Waals surface area contributed by atoms with Crippen molar-refractivity contribution in [3.05, 3.63) is 16.8 Å². The van der Waals surface area contributed by atoms with Gasteiger partial charge in [-0.3, -0.25) is 4.79 Å². The molecule has 4 N–H and O–H groups in total. The Labute approximate surface area is 144 Å². The van der Waals surface area contributed by atoms with Gasteiger partial charge in [0.05, 0.1) is 11.9 Å². The maximum Gasteiger partial charge on any atom is 0.317 e. The van der Waals surface area contributed by atoms with Gasteiger partial charge in [-0.05, 0) is 49.5 Å². The van der Waals surface area contributed by atoms with Crippen molar-refractivity contribution in [1.29, 1.82) is 0 Å². The maximum absolute atomic E-state index is 10.8. The largest absolute Gasteiger partial charge is 0.480 e. The van der Waals surface area contributed by atoms with E-state index in [1.54, 1.807) is 17.7 Å². The summed E-state index contributed by atoms with van der Waals surface area (Å²) in [5.41, 5.74) is 7.54. The lowest BCUT2D eigenvalue weighted by molar-refractivity contribution is -0.136. The summed E-state index contributed by atoms with van der Waals surface area (Å²) in [6.07, 6.45) is 8.29. The van der Waals surface area contributed by atoms with Gasteiger partial charge in [0.2, 0.25) is 0 Å². The van der Waals surface area contributed by atoms with Crippen LogP contribution < -0.4 is 11.1 Å².